The van der Waals surface area contributed by atoms with Gasteiger partial charge in [0.2, 0.25) is 12.4 Å². The molecule has 2 atom stereocenters. The number of hydrogen-bond acceptors (Lipinski definition) is 5. The lowest BCUT2D eigenvalue weighted by Crippen LogP contribution is -2.47. The summed E-state index contributed by atoms with van der Waals surface area (Å²) in [6.45, 7) is 3.28. The third kappa shape index (κ3) is 3.10. The summed E-state index contributed by atoms with van der Waals surface area (Å²) in [5, 5.41) is 11.4. The molecule has 0 bridgehead atoms. The Balaban J connectivity index is 2.15. The first-order chi connectivity index (χ1) is 12.4. The molecular weight excluding hydrogens is 332 g/mol. The highest BCUT2D eigenvalue weighted by Crippen LogP contribution is 2.42. The van der Waals surface area contributed by atoms with E-state index in [2.05, 4.69) is 4.99 Å². The van der Waals surface area contributed by atoms with Gasteiger partial charge >= 0.3 is 5.97 Å². The number of benzene rings is 2. The average molecular weight is 352 g/mol. The molecule has 0 aromatic heterocycles. The van der Waals surface area contributed by atoms with E-state index in [-0.39, 0.29) is 11.8 Å². The van der Waals surface area contributed by atoms with Crippen LogP contribution in [0, 0.1) is 16.0 Å². The Morgan fingerprint density at radius 1 is 1.08 bits per heavy atom. The second-order valence-corrected chi connectivity index (χ2v) is 6.63. The van der Waals surface area contributed by atoms with Crippen molar-refractivity contribution in [2.24, 2.45) is 10.9 Å². The highest BCUT2D eigenvalue weighted by molar-refractivity contribution is 6.08. The minimum atomic E-state index is -1.33. The molecule has 2 aromatic carbocycles. The van der Waals surface area contributed by atoms with E-state index >= 15 is 0 Å². The summed E-state index contributed by atoms with van der Waals surface area (Å²) in [6, 6.07) is 18.1. The van der Waals surface area contributed by atoms with Gasteiger partial charge in [-0.05, 0) is 23.6 Å². The summed E-state index contributed by atoms with van der Waals surface area (Å²) < 4.78 is 5.50. The Morgan fingerprint density at radius 3 is 2.19 bits per heavy atom. The van der Waals surface area contributed by atoms with Crippen LogP contribution in [0.1, 0.15) is 30.9 Å². The van der Waals surface area contributed by atoms with E-state index in [1.807, 2.05) is 38.1 Å². The topological polar surface area (TPSA) is 81.8 Å². The molecule has 1 heterocycles. The van der Waals surface area contributed by atoms with E-state index in [1.54, 1.807) is 36.4 Å². The molecule has 0 amide bonds. The van der Waals surface area contributed by atoms with Gasteiger partial charge < -0.3 is 4.74 Å². The van der Waals surface area contributed by atoms with Crippen LogP contribution < -0.4 is 0 Å². The molecule has 6 nitrogen and oxygen atoms in total. The second-order valence-electron chi connectivity index (χ2n) is 6.63. The van der Waals surface area contributed by atoms with Gasteiger partial charge in [-0.1, -0.05) is 62.4 Å². The number of nitrogens with zero attached hydrogens (tertiary/aromatic N) is 2. The maximum Gasteiger partial charge on any atom is 0.342 e. The van der Waals surface area contributed by atoms with Crippen molar-refractivity contribution in [3.63, 3.8) is 0 Å². The lowest BCUT2D eigenvalue weighted by Gasteiger charge is -2.32. The van der Waals surface area contributed by atoms with Crippen LogP contribution >= 0.6 is 0 Å². The SMILES string of the molecule is CC(C)C1(C(C[N+](=O)[O-])c2ccccc2)N=C(c2ccccc2)OC1=O. The predicted molar refractivity (Wildman–Crippen MR) is 97.7 cm³/mol. The molecule has 3 rings (SSSR count). The first kappa shape index (κ1) is 17.8. The van der Waals surface area contributed by atoms with Crippen LogP contribution in [0.5, 0.6) is 0 Å². The van der Waals surface area contributed by atoms with Crippen LogP contribution in [0.2, 0.25) is 0 Å². The lowest BCUT2D eigenvalue weighted by molar-refractivity contribution is -0.485. The van der Waals surface area contributed by atoms with E-state index in [0.29, 0.717) is 11.1 Å². The fourth-order valence-corrected chi connectivity index (χ4v) is 3.43. The quantitative estimate of drug-likeness (QED) is 0.453. The van der Waals surface area contributed by atoms with Crippen LogP contribution in [0.3, 0.4) is 0 Å². The highest BCUT2D eigenvalue weighted by Gasteiger charge is 2.56. The van der Waals surface area contributed by atoms with Crippen molar-refractivity contribution in [2.75, 3.05) is 6.54 Å². The van der Waals surface area contributed by atoms with Crippen LogP contribution in [0.15, 0.2) is 65.7 Å². The molecule has 1 aliphatic rings. The summed E-state index contributed by atoms with van der Waals surface area (Å²) in [4.78, 5) is 28.6. The van der Waals surface area contributed by atoms with Crippen molar-refractivity contribution in [1.82, 2.24) is 0 Å². The van der Waals surface area contributed by atoms with E-state index in [9.17, 15) is 14.9 Å². The fraction of sp³-hybridized carbons (Fsp3) is 0.300. The fourth-order valence-electron chi connectivity index (χ4n) is 3.43. The molecule has 1 aliphatic heterocycles. The molecule has 0 aliphatic carbocycles. The monoisotopic (exact) mass is 352 g/mol. The average Bonchev–Trinajstić information content (AvgIpc) is 2.99. The summed E-state index contributed by atoms with van der Waals surface area (Å²) in [5.74, 6) is -1.32. The number of hydrogen-bond donors (Lipinski definition) is 0. The molecule has 0 N–H and O–H groups in total. The minimum Gasteiger partial charge on any atom is -0.405 e. The zero-order chi connectivity index (χ0) is 18.7. The van der Waals surface area contributed by atoms with Crippen LogP contribution in [-0.4, -0.2) is 28.9 Å². The molecule has 0 radical (unpaired) electrons. The van der Waals surface area contributed by atoms with E-state index in [0.717, 1.165) is 0 Å². The largest absolute Gasteiger partial charge is 0.405 e. The Hall–Kier alpha value is -3.02. The van der Waals surface area contributed by atoms with Crippen molar-refractivity contribution < 1.29 is 14.5 Å². The minimum absolute atomic E-state index is 0.216. The summed E-state index contributed by atoms with van der Waals surface area (Å²) in [5.41, 5.74) is 0.0452. The van der Waals surface area contributed by atoms with Gasteiger partial charge in [-0.25, -0.2) is 9.79 Å². The van der Waals surface area contributed by atoms with Crippen LogP contribution in [0.4, 0.5) is 0 Å². The molecule has 0 saturated carbocycles. The second kappa shape index (κ2) is 7.07. The number of carbonyl (C=O) groups excluding carboxylic acids is 1. The van der Waals surface area contributed by atoms with Crippen LogP contribution in [-0.2, 0) is 9.53 Å². The van der Waals surface area contributed by atoms with Gasteiger partial charge in [0.05, 0.1) is 5.92 Å². The molecule has 0 spiro atoms. The van der Waals surface area contributed by atoms with Gasteiger partial charge in [-0.2, -0.15) is 0 Å². The Kier molecular flexibility index (Phi) is 4.84. The third-order valence-electron chi connectivity index (χ3n) is 4.77. The van der Waals surface area contributed by atoms with Gasteiger partial charge in [0.1, 0.15) is 0 Å². The van der Waals surface area contributed by atoms with E-state index in [4.69, 9.17) is 4.74 Å². The zero-order valence-electron chi connectivity index (χ0n) is 14.7. The lowest BCUT2D eigenvalue weighted by atomic mass is 9.72. The highest BCUT2D eigenvalue weighted by atomic mass is 16.6. The first-order valence-corrected chi connectivity index (χ1v) is 8.49. The molecule has 26 heavy (non-hydrogen) atoms. The number of nitro groups is 1. The van der Waals surface area contributed by atoms with Crippen molar-refractivity contribution >= 4 is 11.9 Å². The molecule has 6 heteroatoms. The first-order valence-electron chi connectivity index (χ1n) is 8.49. The molecule has 134 valence electrons. The van der Waals surface area contributed by atoms with E-state index in [1.165, 1.54) is 0 Å². The van der Waals surface area contributed by atoms with Gasteiger partial charge in [0.25, 0.3) is 0 Å². The number of ether oxygens (including phenoxy) is 1. The normalized spacial score (nSPS) is 20.6. The molecule has 2 unspecified atom stereocenters. The Morgan fingerprint density at radius 2 is 1.65 bits per heavy atom. The summed E-state index contributed by atoms with van der Waals surface area (Å²) in [7, 11) is 0. The smallest absolute Gasteiger partial charge is 0.342 e. The zero-order valence-corrected chi connectivity index (χ0v) is 14.7. The van der Waals surface area contributed by atoms with Gasteiger partial charge in [0.15, 0.2) is 5.54 Å². The Bertz CT molecular complexity index is 833. The number of esters is 1. The Labute approximate surface area is 151 Å². The van der Waals surface area contributed by atoms with E-state index < -0.39 is 28.9 Å². The summed E-state index contributed by atoms with van der Waals surface area (Å²) in [6.07, 6.45) is 0. The van der Waals surface area contributed by atoms with Crippen molar-refractivity contribution in [1.29, 1.82) is 0 Å². The predicted octanol–water partition coefficient (Wildman–Crippen LogP) is 3.45. The van der Waals surface area contributed by atoms with Crippen LogP contribution in [0.25, 0.3) is 0 Å². The molecule has 2 aromatic rings. The van der Waals surface area contributed by atoms with Crippen molar-refractivity contribution in [3.05, 3.63) is 81.9 Å². The number of cyclic esters (lactones) is 1. The third-order valence-corrected chi connectivity index (χ3v) is 4.77. The van der Waals surface area contributed by atoms with Crippen molar-refractivity contribution in [3.8, 4) is 0 Å². The standard InChI is InChI=1S/C20H20N2O4/c1-14(2)20(17(13-22(24)25)15-9-5-3-6-10-15)19(23)26-18(21-20)16-11-7-4-8-12-16/h3-12,14,17H,13H2,1-2H3. The molecular formula is C20H20N2O4. The molecule has 0 fully saturated rings. The number of rotatable bonds is 6. The maximum absolute atomic E-state index is 13.0. The summed E-state index contributed by atoms with van der Waals surface area (Å²) >= 11 is 0. The van der Waals surface area contributed by atoms with Gasteiger partial charge in [0, 0.05) is 10.5 Å². The van der Waals surface area contributed by atoms with Gasteiger partial charge in [-0.15, -0.1) is 0 Å². The van der Waals surface area contributed by atoms with Crippen molar-refractivity contribution in [2.45, 2.75) is 25.3 Å². The molecule has 0 saturated heterocycles. The number of aliphatic imine (C=N–C) groups is 1. The van der Waals surface area contributed by atoms with Gasteiger partial charge in [-0.3, -0.25) is 10.1 Å². The number of carbonyl (C=O) groups is 1. The maximum atomic E-state index is 13.0.